The molecule has 0 aliphatic carbocycles. The highest BCUT2D eigenvalue weighted by Crippen LogP contribution is 1.86. The highest BCUT2D eigenvalue weighted by atomic mass is 35.6. The predicted molar refractivity (Wildman–Crippen MR) is 34.4 cm³/mol. The van der Waals surface area contributed by atoms with E-state index >= 15 is 0 Å². The van der Waals surface area contributed by atoms with Crippen molar-refractivity contribution in [2.45, 2.75) is 12.2 Å². The highest BCUT2D eigenvalue weighted by molar-refractivity contribution is 6.94. The zero-order chi connectivity index (χ0) is 6.41. The van der Waals surface area contributed by atoms with Crippen LogP contribution < -0.4 is 0 Å². The summed E-state index contributed by atoms with van der Waals surface area (Å²) in [5, 5.41) is 0.454. The first kappa shape index (κ1) is 8.29. The molecule has 0 bridgehead atoms. The van der Waals surface area contributed by atoms with Crippen LogP contribution in [0.1, 0.15) is 6.92 Å². The van der Waals surface area contributed by atoms with Gasteiger partial charge in [-0.1, -0.05) is 0 Å². The molecule has 0 saturated heterocycles. The number of esters is 1. The van der Waals surface area contributed by atoms with E-state index in [9.17, 15) is 4.79 Å². The van der Waals surface area contributed by atoms with Gasteiger partial charge in [0.25, 0.3) is 5.97 Å². The lowest BCUT2D eigenvalue weighted by molar-refractivity contribution is -0.140. The summed E-state index contributed by atoms with van der Waals surface area (Å²) >= 11 is -0.656. The van der Waals surface area contributed by atoms with Crippen molar-refractivity contribution in [3.8, 4) is 0 Å². The predicted octanol–water partition coefficient (Wildman–Crippen LogP) is 0.558. The Morgan fingerprint density at radius 3 is 2.88 bits per heavy atom. The lowest BCUT2D eigenvalue weighted by Crippen LogP contribution is -2.03. The molecule has 0 radical (unpaired) electrons. The van der Waals surface area contributed by atoms with Gasteiger partial charge in [0.1, 0.15) is 0 Å². The van der Waals surface area contributed by atoms with E-state index in [1.165, 1.54) is 0 Å². The van der Waals surface area contributed by atoms with Crippen LogP contribution >= 0.6 is 10.0 Å². The second-order valence-corrected chi connectivity index (χ2v) is 3.26. The monoisotopic (exact) mass is 150 g/mol. The van der Waals surface area contributed by atoms with Crippen LogP contribution in [0.15, 0.2) is 0 Å². The van der Waals surface area contributed by atoms with Gasteiger partial charge in [0, 0.05) is 5.28 Å². The minimum Gasteiger partial charge on any atom is -0.467 e. The summed E-state index contributed by atoms with van der Waals surface area (Å²) in [6.07, 6.45) is 0. The Morgan fingerprint density at radius 1 is 1.88 bits per heavy atom. The largest absolute Gasteiger partial charge is 0.467 e. The third kappa shape index (κ3) is 4.45. The molecule has 4 heteroatoms. The van der Waals surface area contributed by atoms with E-state index in [1.54, 1.807) is 6.92 Å². The Labute approximate surface area is 59.1 Å². The van der Waals surface area contributed by atoms with Gasteiger partial charge in [-0.2, -0.15) is 0 Å². The van der Waals surface area contributed by atoms with Crippen LogP contribution in [0, 0.1) is 0 Å². The molecule has 0 rings (SSSR count). The summed E-state index contributed by atoms with van der Waals surface area (Å²) in [5.41, 5.74) is 0. The van der Waals surface area contributed by atoms with E-state index < -0.39 is 14.3 Å². The van der Waals surface area contributed by atoms with Crippen LogP contribution in [0.2, 0.25) is 5.28 Å². The summed E-state index contributed by atoms with van der Waals surface area (Å²) in [6, 6.07) is 0. The summed E-state index contributed by atoms with van der Waals surface area (Å²) in [6.45, 7) is 2.25. The van der Waals surface area contributed by atoms with Gasteiger partial charge in [-0.25, -0.2) is 0 Å². The van der Waals surface area contributed by atoms with Crippen molar-refractivity contribution in [3.05, 3.63) is 0 Å². The van der Waals surface area contributed by atoms with Crippen molar-refractivity contribution >= 4 is 30.3 Å². The Kier molecular flexibility index (Phi) is 5.63. The molecule has 0 aliphatic rings. The Balaban J connectivity index is 3.06. The van der Waals surface area contributed by atoms with E-state index in [0.717, 1.165) is 0 Å². The fourth-order valence-corrected chi connectivity index (χ4v) is 1.07. The highest BCUT2D eigenvalue weighted by Gasteiger charge is 1.99. The normalized spacial score (nSPS) is 8.25. The van der Waals surface area contributed by atoms with E-state index in [2.05, 4.69) is 4.74 Å². The van der Waals surface area contributed by atoms with Gasteiger partial charge < -0.3 is 4.74 Å². The third-order valence-electron chi connectivity index (χ3n) is 0.604. The van der Waals surface area contributed by atoms with Crippen molar-refractivity contribution in [3.63, 3.8) is 0 Å². The number of hydrogen-bond donors (Lipinski definition) is 0. The molecule has 2 nitrogen and oxygen atoms in total. The fourth-order valence-electron chi connectivity index (χ4n) is 0.310. The molecule has 0 atom stereocenters. The van der Waals surface area contributed by atoms with Crippen LogP contribution in [-0.2, 0) is 9.53 Å². The third-order valence-corrected chi connectivity index (χ3v) is 1.77. The minimum absolute atomic E-state index is 0.158. The zero-order valence-corrected chi connectivity index (χ0v) is 6.99. The molecular weight excluding hydrogens is 142 g/mol. The lowest BCUT2D eigenvalue weighted by Gasteiger charge is -1.94. The van der Waals surface area contributed by atoms with Gasteiger partial charge in [-0.05, 0) is 6.92 Å². The Bertz CT molecular complexity index is 68.4. The standard InChI is InChI=1S/C4H7O2.Al.ClH.H/c1-3-6-4(2)5;;;/h2-3H2,1H3;;1H;/q;+1;;/p-1. The van der Waals surface area contributed by atoms with Gasteiger partial charge in [-0.15, -0.1) is 0 Å². The molecule has 0 aromatic rings. The molecule has 8 heavy (non-hydrogen) atoms. The second-order valence-electron chi connectivity index (χ2n) is 1.24. The molecule has 0 saturated carbocycles. The molecule has 0 aromatic carbocycles. The molecule has 0 unspecified atom stereocenters. The van der Waals surface area contributed by atoms with Gasteiger partial charge in [0.2, 0.25) is 0 Å². The first-order valence-corrected chi connectivity index (χ1v) is 5.66. The topological polar surface area (TPSA) is 26.3 Å². The van der Waals surface area contributed by atoms with Gasteiger partial charge in [0.05, 0.1) is 6.61 Å². The molecule has 0 aliphatic heterocycles. The molecule has 0 amide bonds. The summed E-state index contributed by atoms with van der Waals surface area (Å²) in [5.74, 6) is -0.158. The van der Waals surface area contributed by atoms with E-state index in [1.807, 2.05) is 0 Å². The SMILES string of the molecule is CCOC(=O)[CH2][AlH][Cl]. The fraction of sp³-hybridized carbons (Fsp3) is 0.750. The molecule has 46 valence electrons. The van der Waals surface area contributed by atoms with Crippen molar-refractivity contribution in [1.82, 2.24) is 0 Å². The zero-order valence-electron chi connectivity index (χ0n) is 4.82. The molecule has 0 aromatic heterocycles. The average molecular weight is 151 g/mol. The van der Waals surface area contributed by atoms with Gasteiger partial charge >= 0.3 is 14.3 Å². The van der Waals surface area contributed by atoms with Crippen LogP contribution in [0.25, 0.3) is 0 Å². The number of carbonyl (C=O) groups excluding carboxylic acids is 1. The quantitative estimate of drug-likeness (QED) is 0.434. The number of hydrogen-bond acceptors (Lipinski definition) is 2. The average Bonchev–Trinajstić information content (AvgIpc) is 1.68. The Hall–Kier alpha value is 0.292. The molecule has 0 fully saturated rings. The van der Waals surface area contributed by atoms with Crippen molar-refractivity contribution < 1.29 is 9.53 Å². The van der Waals surface area contributed by atoms with E-state index in [-0.39, 0.29) is 5.97 Å². The first-order chi connectivity index (χ1) is 3.81. The van der Waals surface area contributed by atoms with Gasteiger partial charge in [-0.3, -0.25) is 14.8 Å². The summed E-state index contributed by atoms with van der Waals surface area (Å²) in [4.78, 5) is 10.4. The second kappa shape index (κ2) is 5.43. The number of halogens is 1. The number of rotatable bonds is 3. The van der Waals surface area contributed by atoms with Crippen LogP contribution in [-0.4, -0.2) is 26.9 Å². The van der Waals surface area contributed by atoms with Crippen molar-refractivity contribution in [2.24, 2.45) is 0 Å². The molecule has 0 spiro atoms. The van der Waals surface area contributed by atoms with Gasteiger partial charge in [0.15, 0.2) is 0 Å². The maximum Gasteiger partial charge on any atom is 0.388 e. The Morgan fingerprint density at radius 2 is 2.50 bits per heavy atom. The van der Waals surface area contributed by atoms with Crippen molar-refractivity contribution in [2.75, 3.05) is 6.61 Å². The smallest absolute Gasteiger partial charge is 0.388 e. The summed E-state index contributed by atoms with van der Waals surface area (Å²) in [7, 11) is 5.37. The summed E-state index contributed by atoms with van der Waals surface area (Å²) < 4.78 is 4.59. The molecular formula is C4H8AlClO2. The maximum atomic E-state index is 10.4. The number of ether oxygens (including phenoxy) is 1. The van der Waals surface area contributed by atoms with E-state index in [4.69, 9.17) is 10.0 Å². The van der Waals surface area contributed by atoms with Crippen LogP contribution in [0.4, 0.5) is 0 Å². The maximum absolute atomic E-state index is 10.4. The van der Waals surface area contributed by atoms with E-state index in [0.29, 0.717) is 11.9 Å². The lowest BCUT2D eigenvalue weighted by atomic mass is 10.8. The minimum atomic E-state index is -0.656. The van der Waals surface area contributed by atoms with Crippen molar-refractivity contribution in [1.29, 1.82) is 0 Å². The number of carbonyl (C=O) groups is 1. The first-order valence-electron chi connectivity index (χ1n) is 2.52. The van der Waals surface area contributed by atoms with Crippen LogP contribution in [0.5, 0.6) is 0 Å². The molecule has 0 heterocycles. The van der Waals surface area contributed by atoms with Crippen LogP contribution in [0.3, 0.4) is 0 Å². The molecule has 0 N–H and O–H groups in total.